The topological polar surface area (TPSA) is 103 Å². The van der Waals surface area contributed by atoms with E-state index in [0.29, 0.717) is 105 Å². The van der Waals surface area contributed by atoms with Gasteiger partial charge in [-0.25, -0.2) is 4.79 Å². The van der Waals surface area contributed by atoms with Crippen LogP contribution in [0, 0.1) is 0 Å². The molecular weight excluding hydrogens is 602 g/mol. The van der Waals surface area contributed by atoms with Crippen molar-refractivity contribution in [1.29, 1.82) is 0 Å². The van der Waals surface area contributed by atoms with Crippen LogP contribution in [0.4, 0.5) is 4.79 Å². The molecule has 0 aromatic heterocycles. The standard InChI is InChI=1S/C37H57NO9/c1-2-3-4-5-10-17-40-19-21-42-23-25-44-27-29-46-30-28-45-26-24-43-22-20-41-18-11-16-38-37(39)47-31-36-34-14-8-6-12-32(34)33-13-7-9-15-35(33)36/h6-9,12-15,36H,2-5,10-11,16-31H2,1H3,(H,38,39). The number of rotatable bonds is 30. The van der Waals surface area contributed by atoms with Gasteiger partial charge >= 0.3 is 6.09 Å². The number of amides is 1. The van der Waals surface area contributed by atoms with Gasteiger partial charge in [0, 0.05) is 25.7 Å². The highest BCUT2D eigenvalue weighted by molar-refractivity contribution is 5.79. The second kappa shape index (κ2) is 26.4. The van der Waals surface area contributed by atoms with E-state index in [1.165, 1.54) is 47.9 Å². The molecule has 0 heterocycles. The van der Waals surface area contributed by atoms with E-state index in [1.807, 2.05) is 24.3 Å². The molecule has 0 bridgehead atoms. The lowest BCUT2D eigenvalue weighted by molar-refractivity contribution is -0.0206. The maximum Gasteiger partial charge on any atom is 0.407 e. The molecule has 0 spiro atoms. The molecule has 0 atom stereocenters. The molecule has 1 N–H and O–H groups in total. The molecule has 0 saturated heterocycles. The lowest BCUT2D eigenvalue weighted by Crippen LogP contribution is -2.27. The largest absolute Gasteiger partial charge is 0.449 e. The maximum atomic E-state index is 12.2. The van der Waals surface area contributed by atoms with Crippen LogP contribution in [-0.4, -0.2) is 112 Å². The predicted molar refractivity (Wildman–Crippen MR) is 182 cm³/mol. The van der Waals surface area contributed by atoms with Gasteiger partial charge in [-0.15, -0.1) is 0 Å². The van der Waals surface area contributed by atoms with Crippen LogP contribution in [0.3, 0.4) is 0 Å². The Morgan fingerprint density at radius 3 is 1.40 bits per heavy atom. The maximum absolute atomic E-state index is 12.2. The molecule has 10 nitrogen and oxygen atoms in total. The average molecular weight is 660 g/mol. The summed E-state index contributed by atoms with van der Waals surface area (Å²) in [6.07, 6.45) is 6.55. The summed E-state index contributed by atoms with van der Waals surface area (Å²) in [5.74, 6) is 0.0577. The van der Waals surface area contributed by atoms with E-state index >= 15 is 0 Å². The summed E-state index contributed by atoms with van der Waals surface area (Å²) < 4.78 is 44.2. The Morgan fingerprint density at radius 2 is 0.936 bits per heavy atom. The third kappa shape index (κ3) is 16.9. The predicted octanol–water partition coefficient (Wildman–Crippen LogP) is 6.00. The van der Waals surface area contributed by atoms with Gasteiger partial charge < -0.3 is 43.2 Å². The Hall–Kier alpha value is -2.57. The minimum atomic E-state index is -0.407. The molecule has 0 saturated carbocycles. The zero-order chi connectivity index (χ0) is 33.0. The number of ether oxygens (including phenoxy) is 8. The quantitative estimate of drug-likeness (QED) is 0.101. The van der Waals surface area contributed by atoms with Crippen molar-refractivity contribution in [3.8, 4) is 11.1 Å². The molecule has 0 fully saturated rings. The van der Waals surface area contributed by atoms with Gasteiger partial charge in [-0.1, -0.05) is 81.1 Å². The van der Waals surface area contributed by atoms with Gasteiger partial charge in [-0.05, 0) is 35.1 Å². The Labute approximate surface area is 281 Å². The number of unbranched alkanes of at least 4 members (excludes halogenated alkanes) is 4. The first-order valence-corrected chi connectivity index (χ1v) is 17.4. The SMILES string of the molecule is CCCCCCCOCCOCCOCCOCCOCCOCCOCCCNC(=O)OCC1c2ccccc2-c2ccccc21. The smallest absolute Gasteiger partial charge is 0.407 e. The van der Waals surface area contributed by atoms with E-state index in [2.05, 4.69) is 36.5 Å². The van der Waals surface area contributed by atoms with Crippen molar-refractivity contribution < 1.29 is 42.7 Å². The van der Waals surface area contributed by atoms with Crippen LogP contribution in [0.15, 0.2) is 48.5 Å². The summed E-state index contributed by atoms with van der Waals surface area (Å²) >= 11 is 0. The molecule has 264 valence electrons. The molecule has 2 aromatic carbocycles. The van der Waals surface area contributed by atoms with Gasteiger partial charge in [0.25, 0.3) is 0 Å². The second-order valence-electron chi connectivity index (χ2n) is 11.3. The summed E-state index contributed by atoms with van der Waals surface area (Å²) in [5, 5.41) is 2.81. The van der Waals surface area contributed by atoms with Crippen molar-refractivity contribution in [1.82, 2.24) is 5.32 Å². The molecule has 0 aliphatic heterocycles. The minimum absolute atomic E-state index is 0.0577. The Kier molecular flexibility index (Phi) is 21.8. The molecule has 0 unspecified atom stereocenters. The van der Waals surface area contributed by atoms with Crippen molar-refractivity contribution in [2.75, 3.05) is 106 Å². The highest BCUT2D eigenvalue weighted by Gasteiger charge is 2.28. The first-order valence-electron chi connectivity index (χ1n) is 17.4. The number of hydrogen-bond donors (Lipinski definition) is 1. The van der Waals surface area contributed by atoms with E-state index < -0.39 is 6.09 Å². The molecule has 10 heteroatoms. The van der Waals surface area contributed by atoms with Crippen molar-refractivity contribution in [3.05, 3.63) is 59.7 Å². The number of nitrogens with one attached hydrogen (secondary N) is 1. The molecule has 47 heavy (non-hydrogen) atoms. The van der Waals surface area contributed by atoms with Crippen molar-refractivity contribution in [2.45, 2.75) is 51.4 Å². The van der Waals surface area contributed by atoms with E-state index in [-0.39, 0.29) is 5.92 Å². The number of benzene rings is 2. The fourth-order valence-corrected chi connectivity index (χ4v) is 5.24. The van der Waals surface area contributed by atoms with E-state index in [0.717, 1.165) is 13.0 Å². The summed E-state index contributed by atoms with van der Waals surface area (Å²) in [6.45, 7) is 10.8. The molecule has 0 radical (unpaired) electrons. The van der Waals surface area contributed by atoms with Crippen molar-refractivity contribution >= 4 is 6.09 Å². The Bertz CT molecular complexity index is 1020. The zero-order valence-electron chi connectivity index (χ0n) is 28.4. The molecule has 1 aliphatic carbocycles. The highest BCUT2D eigenvalue weighted by Crippen LogP contribution is 2.44. The Morgan fingerprint density at radius 1 is 0.532 bits per heavy atom. The van der Waals surface area contributed by atoms with Gasteiger partial charge in [-0.2, -0.15) is 0 Å². The van der Waals surface area contributed by atoms with Gasteiger partial charge in [-0.3, -0.25) is 0 Å². The Balaban J connectivity index is 0.994. The van der Waals surface area contributed by atoms with Gasteiger partial charge in [0.1, 0.15) is 6.61 Å². The fraction of sp³-hybridized carbons (Fsp3) is 0.649. The lowest BCUT2D eigenvalue weighted by atomic mass is 9.98. The van der Waals surface area contributed by atoms with Gasteiger partial charge in [0.15, 0.2) is 0 Å². The van der Waals surface area contributed by atoms with Crippen molar-refractivity contribution in [2.24, 2.45) is 0 Å². The number of carbonyl (C=O) groups is 1. The molecular formula is C37H57NO9. The number of alkyl carbamates (subject to hydrolysis) is 1. The summed E-state index contributed by atoms with van der Waals surface area (Å²) in [6, 6.07) is 16.6. The monoisotopic (exact) mass is 659 g/mol. The third-order valence-electron chi connectivity index (χ3n) is 7.70. The van der Waals surface area contributed by atoms with Crippen LogP contribution < -0.4 is 5.32 Å². The minimum Gasteiger partial charge on any atom is -0.449 e. The van der Waals surface area contributed by atoms with Crippen LogP contribution in [0.25, 0.3) is 11.1 Å². The van der Waals surface area contributed by atoms with Crippen LogP contribution >= 0.6 is 0 Å². The molecule has 3 rings (SSSR count). The molecule has 1 aliphatic rings. The normalized spacial score (nSPS) is 12.3. The number of hydrogen-bond acceptors (Lipinski definition) is 9. The third-order valence-corrected chi connectivity index (χ3v) is 7.70. The first-order chi connectivity index (χ1) is 23.3. The fourth-order valence-electron chi connectivity index (χ4n) is 5.24. The van der Waals surface area contributed by atoms with Crippen LogP contribution in [-0.2, 0) is 37.9 Å². The van der Waals surface area contributed by atoms with Crippen LogP contribution in [0.5, 0.6) is 0 Å². The lowest BCUT2D eigenvalue weighted by Gasteiger charge is -2.14. The molecule has 1 amide bonds. The van der Waals surface area contributed by atoms with Crippen molar-refractivity contribution in [3.63, 3.8) is 0 Å². The van der Waals surface area contributed by atoms with Crippen LogP contribution in [0.2, 0.25) is 0 Å². The summed E-state index contributed by atoms with van der Waals surface area (Å²) in [4.78, 5) is 12.2. The summed E-state index contributed by atoms with van der Waals surface area (Å²) in [5.41, 5.74) is 4.83. The average Bonchev–Trinajstić information content (AvgIpc) is 3.42. The number of fused-ring (bicyclic) bond motifs is 3. The van der Waals surface area contributed by atoms with Gasteiger partial charge in [0.05, 0.1) is 79.3 Å². The first kappa shape index (κ1) is 38.9. The van der Waals surface area contributed by atoms with Gasteiger partial charge in [0.2, 0.25) is 0 Å². The molecule has 2 aromatic rings. The van der Waals surface area contributed by atoms with E-state index in [1.54, 1.807) is 0 Å². The number of carbonyl (C=O) groups excluding carboxylic acids is 1. The second-order valence-corrected chi connectivity index (χ2v) is 11.3. The summed E-state index contributed by atoms with van der Waals surface area (Å²) in [7, 11) is 0. The highest BCUT2D eigenvalue weighted by atomic mass is 16.6. The van der Waals surface area contributed by atoms with E-state index in [4.69, 9.17) is 37.9 Å². The van der Waals surface area contributed by atoms with Crippen LogP contribution in [0.1, 0.15) is 62.5 Å². The zero-order valence-corrected chi connectivity index (χ0v) is 28.4. The van der Waals surface area contributed by atoms with E-state index in [9.17, 15) is 4.79 Å².